The molecule has 1 saturated heterocycles. The van der Waals surface area contributed by atoms with Gasteiger partial charge < -0.3 is 15.4 Å². The third kappa shape index (κ3) is 4.29. The fraction of sp³-hybridized carbons (Fsp3) is 0.278. The first-order chi connectivity index (χ1) is 11.2. The zero-order valence-electron chi connectivity index (χ0n) is 12.7. The van der Waals surface area contributed by atoms with Crippen LogP contribution in [0.5, 0.6) is 11.5 Å². The Morgan fingerprint density at radius 1 is 1.26 bits per heavy atom. The third-order valence-electron chi connectivity index (χ3n) is 3.78. The Bertz CT molecular complexity index is 670. The lowest BCUT2D eigenvalue weighted by Gasteiger charge is -2.14. The Hall–Kier alpha value is -2.40. The standard InChI is InChI=1S/C18H19FN2O2/c19-13-8-9-17(23-15-6-2-1-3-7-15)16(11-13)21-18(22)12-14-5-4-10-20-14/h1-3,6-9,11,14,20H,4-5,10,12H2,(H,21,22). The summed E-state index contributed by atoms with van der Waals surface area (Å²) in [5.74, 6) is 0.491. The van der Waals surface area contributed by atoms with Crippen molar-refractivity contribution >= 4 is 11.6 Å². The topological polar surface area (TPSA) is 50.4 Å². The first-order valence-corrected chi connectivity index (χ1v) is 7.76. The Kier molecular flexibility index (Phi) is 4.88. The van der Waals surface area contributed by atoms with Crippen molar-refractivity contribution in [1.29, 1.82) is 0 Å². The summed E-state index contributed by atoms with van der Waals surface area (Å²) in [6.45, 7) is 0.945. The molecule has 2 aromatic rings. The van der Waals surface area contributed by atoms with E-state index in [-0.39, 0.29) is 11.9 Å². The molecule has 120 valence electrons. The van der Waals surface area contributed by atoms with E-state index in [2.05, 4.69) is 10.6 Å². The molecule has 0 spiro atoms. The van der Waals surface area contributed by atoms with Crippen LogP contribution in [-0.4, -0.2) is 18.5 Å². The van der Waals surface area contributed by atoms with Crippen molar-refractivity contribution in [1.82, 2.24) is 5.32 Å². The highest BCUT2D eigenvalue weighted by Crippen LogP contribution is 2.30. The van der Waals surface area contributed by atoms with Crippen molar-refractivity contribution in [2.24, 2.45) is 0 Å². The monoisotopic (exact) mass is 314 g/mol. The number of hydrogen-bond donors (Lipinski definition) is 2. The molecule has 0 aliphatic carbocycles. The van der Waals surface area contributed by atoms with Gasteiger partial charge in [-0.1, -0.05) is 18.2 Å². The van der Waals surface area contributed by atoms with Crippen molar-refractivity contribution in [2.75, 3.05) is 11.9 Å². The van der Waals surface area contributed by atoms with Gasteiger partial charge in [-0.25, -0.2) is 4.39 Å². The fourth-order valence-electron chi connectivity index (χ4n) is 2.66. The SMILES string of the molecule is O=C(CC1CCCN1)Nc1cc(F)ccc1Oc1ccccc1. The molecule has 1 heterocycles. The molecule has 2 aromatic carbocycles. The largest absolute Gasteiger partial charge is 0.455 e. The van der Waals surface area contributed by atoms with Crippen LogP contribution in [0.25, 0.3) is 0 Å². The summed E-state index contributed by atoms with van der Waals surface area (Å²) in [6, 6.07) is 13.5. The summed E-state index contributed by atoms with van der Waals surface area (Å²) >= 11 is 0. The summed E-state index contributed by atoms with van der Waals surface area (Å²) in [5.41, 5.74) is 0.344. The van der Waals surface area contributed by atoms with E-state index in [1.165, 1.54) is 18.2 Å². The minimum atomic E-state index is -0.417. The van der Waals surface area contributed by atoms with Crippen LogP contribution in [0.15, 0.2) is 48.5 Å². The fourth-order valence-corrected chi connectivity index (χ4v) is 2.66. The highest BCUT2D eigenvalue weighted by Gasteiger charge is 2.18. The number of benzene rings is 2. The maximum Gasteiger partial charge on any atom is 0.226 e. The molecule has 4 nitrogen and oxygen atoms in total. The molecule has 0 saturated carbocycles. The van der Waals surface area contributed by atoms with Crippen molar-refractivity contribution in [3.8, 4) is 11.5 Å². The highest BCUT2D eigenvalue weighted by molar-refractivity contribution is 5.92. The minimum absolute atomic E-state index is 0.145. The number of amides is 1. The van der Waals surface area contributed by atoms with Gasteiger partial charge in [-0.2, -0.15) is 0 Å². The predicted molar refractivity (Wildman–Crippen MR) is 87.2 cm³/mol. The van der Waals surface area contributed by atoms with Gasteiger partial charge in [0.1, 0.15) is 11.6 Å². The Morgan fingerprint density at radius 3 is 2.83 bits per heavy atom. The normalized spacial score (nSPS) is 17.0. The Morgan fingerprint density at radius 2 is 2.09 bits per heavy atom. The van der Waals surface area contributed by atoms with Crippen molar-refractivity contribution in [3.05, 3.63) is 54.3 Å². The second-order valence-corrected chi connectivity index (χ2v) is 5.60. The lowest BCUT2D eigenvalue weighted by molar-refractivity contribution is -0.116. The molecule has 1 aliphatic heterocycles. The molecule has 2 N–H and O–H groups in total. The number of ether oxygens (including phenoxy) is 1. The van der Waals surface area contributed by atoms with E-state index in [0.29, 0.717) is 23.6 Å². The molecule has 1 aliphatic rings. The summed E-state index contributed by atoms with van der Waals surface area (Å²) in [6.07, 6.45) is 2.45. The molecule has 1 unspecified atom stereocenters. The highest BCUT2D eigenvalue weighted by atomic mass is 19.1. The number of hydrogen-bond acceptors (Lipinski definition) is 3. The zero-order chi connectivity index (χ0) is 16.1. The number of para-hydroxylation sites is 1. The van der Waals surface area contributed by atoms with E-state index in [0.717, 1.165) is 19.4 Å². The molecule has 0 bridgehead atoms. The van der Waals surface area contributed by atoms with E-state index in [4.69, 9.17) is 4.74 Å². The molecular formula is C18H19FN2O2. The van der Waals surface area contributed by atoms with E-state index in [9.17, 15) is 9.18 Å². The molecule has 1 amide bonds. The average molecular weight is 314 g/mol. The second-order valence-electron chi connectivity index (χ2n) is 5.60. The van der Waals surface area contributed by atoms with E-state index in [1.54, 1.807) is 12.1 Å². The van der Waals surface area contributed by atoms with Gasteiger partial charge in [-0.05, 0) is 43.7 Å². The van der Waals surface area contributed by atoms with E-state index in [1.807, 2.05) is 18.2 Å². The quantitative estimate of drug-likeness (QED) is 0.885. The second kappa shape index (κ2) is 7.24. The molecule has 1 fully saturated rings. The van der Waals surface area contributed by atoms with Crippen molar-refractivity contribution in [2.45, 2.75) is 25.3 Å². The lowest BCUT2D eigenvalue weighted by atomic mass is 10.1. The Balaban J connectivity index is 1.72. The molecule has 1 atom stereocenters. The molecule has 0 radical (unpaired) electrons. The number of carbonyl (C=O) groups is 1. The van der Waals surface area contributed by atoms with Crippen LogP contribution < -0.4 is 15.4 Å². The smallest absolute Gasteiger partial charge is 0.226 e. The maximum atomic E-state index is 13.5. The molecular weight excluding hydrogens is 295 g/mol. The van der Waals surface area contributed by atoms with Gasteiger partial charge in [0.2, 0.25) is 5.91 Å². The van der Waals surface area contributed by atoms with E-state index < -0.39 is 5.82 Å². The predicted octanol–water partition coefficient (Wildman–Crippen LogP) is 3.70. The van der Waals surface area contributed by atoms with Gasteiger partial charge >= 0.3 is 0 Å². The first kappa shape index (κ1) is 15.5. The van der Waals surface area contributed by atoms with Crippen LogP contribution in [0.2, 0.25) is 0 Å². The zero-order valence-corrected chi connectivity index (χ0v) is 12.7. The van der Waals surface area contributed by atoms with Crippen LogP contribution in [0.1, 0.15) is 19.3 Å². The number of rotatable bonds is 5. The summed E-state index contributed by atoms with van der Waals surface area (Å²) in [7, 11) is 0. The maximum absolute atomic E-state index is 13.5. The summed E-state index contributed by atoms with van der Waals surface area (Å²) in [5, 5.41) is 6.03. The van der Waals surface area contributed by atoms with Gasteiger partial charge in [0.15, 0.2) is 5.75 Å². The first-order valence-electron chi connectivity index (χ1n) is 7.76. The number of carbonyl (C=O) groups excluding carboxylic acids is 1. The number of nitrogens with one attached hydrogen (secondary N) is 2. The van der Waals surface area contributed by atoms with Gasteiger partial charge in [-0.15, -0.1) is 0 Å². The Labute approximate surface area is 134 Å². The van der Waals surface area contributed by atoms with Gasteiger partial charge in [0.25, 0.3) is 0 Å². The van der Waals surface area contributed by atoms with Crippen LogP contribution in [0, 0.1) is 5.82 Å². The molecule has 23 heavy (non-hydrogen) atoms. The van der Waals surface area contributed by atoms with Gasteiger partial charge in [0, 0.05) is 18.5 Å². The third-order valence-corrected chi connectivity index (χ3v) is 3.78. The van der Waals surface area contributed by atoms with Crippen LogP contribution in [0.4, 0.5) is 10.1 Å². The van der Waals surface area contributed by atoms with Gasteiger partial charge in [0.05, 0.1) is 5.69 Å². The lowest BCUT2D eigenvalue weighted by Crippen LogP contribution is -2.27. The van der Waals surface area contributed by atoms with Crippen LogP contribution in [0.3, 0.4) is 0 Å². The summed E-state index contributed by atoms with van der Waals surface area (Å²) in [4.78, 5) is 12.2. The average Bonchev–Trinajstić information content (AvgIpc) is 3.04. The molecule has 0 aromatic heterocycles. The van der Waals surface area contributed by atoms with Crippen molar-refractivity contribution in [3.63, 3.8) is 0 Å². The molecule has 5 heteroatoms. The van der Waals surface area contributed by atoms with E-state index >= 15 is 0 Å². The van der Waals surface area contributed by atoms with Crippen molar-refractivity contribution < 1.29 is 13.9 Å². The number of halogens is 1. The number of anilines is 1. The molecule has 3 rings (SSSR count). The summed E-state index contributed by atoms with van der Waals surface area (Å²) < 4.78 is 19.3. The van der Waals surface area contributed by atoms with Gasteiger partial charge in [-0.3, -0.25) is 4.79 Å². The van der Waals surface area contributed by atoms with Crippen LogP contribution >= 0.6 is 0 Å². The van der Waals surface area contributed by atoms with Crippen LogP contribution in [-0.2, 0) is 4.79 Å². The minimum Gasteiger partial charge on any atom is -0.455 e.